The fourth-order valence-corrected chi connectivity index (χ4v) is 4.78. The highest BCUT2D eigenvalue weighted by atomic mass is 16.4. The summed E-state index contributed by atoms with van der Waals surface area (Å²) < 4.78 is 0. The van der Waals surface area contributed by atoms with Crippen LogP contribution in [-0.4, -0.2) is 57.9 Å². The van der Waals surface area contributed by atoms with Gasteiger partial charge in [-0.25, -0.2) is 4.79 Å². The van der Waals surface area contributed by atoms with E-state index in [-0.39, 0.29) is 30.2 Å². The lowest BCUT2D eigenvalue weighted by Crippen LogP contribution is -2.57. The Labute approximate surface area is 143 Å². The Morgan fingerprint density at radius 3 is 2.33 bits per heavy atom. The zero-order valence-corrected chi connectivity index (χ0v) is 14.5. The molecule has 3 fully saturated rings. The zero-order valence-electron chi connectivity index (χ0n) is 14.5. The molecule has 0 aromatic carbocycles. The van der Waals surface area contributed by atoms with Gasteiger partial charge in [-0.1, -0.05) is 32.1 Å². The average Bonchev–Trinajstić information content (AvgIpc) is 3.23. The van der Waals surface area contributed by atoms with Gasteiger partial charge in [0.15, 0.2) is 0 Å². The summed E-state index contributed by atoms with van der Waals surface area (Å²) in [7, 11) is 1.62. The topological polar surface area (TPSA) is 77.9 Å². The van der Waals surface area contributed by atoms with Crippen LogP contribution in [0.15, 0.2) is 0 Å². The number of amides is 2. The molecule has 1 heterocycles. The second-order valence-corrected chi connectivity index (χ2v) is 7.68. The Hall–Kier alpha value is -1.59. The molecule has 2 aliphatic carbocycles. The largest absolute Gasteiger partial charge is 0.479 e. The average molecular weight is 336 g/mol. The summed E-state index contributed by atoms with van der Waals surface area (Å²) in [5, 5.41) is 9.76. The second-order valence-electron chi connectivity index (χ2n) is 7.68. The fraction of sp³-hybridized carbons (Fsp3) is 0.833. The maximum absolute atomic E-state index is 12.9. The fourth-order valence-electron chi connectivity index (χ4n) is 4.78. The van der Waals surface area contributed by atoms with Gasteiger partial charge in [0.1, 0.15) is 5.54 Å². The summed E-state index contributed by atoms with van der Waals surface area (Å²) in [6, 6.07) is 0.281. The van der Waals surface area contributed by atoms with Crippen molar-refractivity contribution in [3.8, 4) is 0 Å². The number of rotatable bonds is 4. The molecule has 1 N–H and O–H groups in total. The predicted octanol–water partition coefficient (Wildman–Crippen LogP) is 2.02. The molecular weight excluding hydrogens is 308 g/mol. The van der Waals surface area contributed by atoms with Crippen LogP contribution in [0.3, 0.4) is 0 Å². The van der Waals surface area contributed by atoms with Gasteiger partial charge in [0, 0.05) is 26.1 Å². The van der Waals surface area contributed by atoms with Gasteiger partial charge in [-0.15, -0.1) is 0 Å². The third kappa shape index (κ3) is 2.91. The first kappa shape index (κ1) is 17.2. The van der Waals surface area contributed by atoms with Crippen LogP contribution in [0.1, 0.15) is 64.2 Å². The van der Waals surface area contributed by atoms with E-state index < -0.39 is 11.5 Å². The van der Waals surface area contributed by atoms with Gasteiger partial charge in [0.25, 0.3) is 0 Å². The molecule has 1 saturated heterocycles. The molecule has 6 heteroatoms. The maximum atomic E-state index is 12.9. The number of hydrogen-bond acceptors (Lipinski definition) is 3. The molecule has 134 valence electrons. The molecule has 1 unspecified atom stereocenters. The predicted molar refractivity (Wildman–Crippen MR) is 88.3 cm³/mol. The molecule has 0 bridgehead atoms. The van der Waals surface area contributed by atoms with E-state index in [4.69, 9.17) is 0 Å². The van der Waals surface area contributed by atoms with Crippen molar-refractivity contribution < 1.29 is 19.5 Å². The first-order chi connectivity index (χ1) is 11.5. The van der Waals surface area contributed by atoms with Crippen molar-refractivity contribution in [2.45, 2.75) is 75.8 Å². The van der Waals surface area contributed by atoms with E-state index in [0.29, 0.717) is 19.4 Å². The smallest absolute Gasteiger partial charge is 0.329 e. The number of likely N-dealkylation sites (N-methyl/N-ethyl adjacent to an activating group) is 1. The number of carboxylic acids is 1. The highest BCUT2D eigenvalue weighted by Crippen LogP contribution is 2.36. The standard InChI is InChI=1S/C18H28N2O4/c1-19(18(17(23)24)9-5-2-6-10-18)16(22)13-11-15(21)20(12-13)14-7-3-4-8-14/h13-14H,2-12H2,1H3,(H,23,24). The molecule has 3 rings (SSSR count). The quantitative estimate of drug-likeness (QED) is 0.852. The van der Waals surface area contributed by atoms with Gasteiger partial charge in [-0.3, -0.25) is 9.59 Å². The number of carbonyl (C=O) groups excluding carboxylic acids is 2. The Kier molecular flexibility index (Phi) is 4.83. The summed E-state index contributed by atoms with van der Waals surface area (Å²) in [6.07, 6.45) is 8.30. The third-order valence-corrected chi connectivity index (χ3v) is 6.32. The second kappa shape index (κ2) is 6.73. The monoisotopic (exact) mass is 336 g/mol. The van der Waals surface area contributed by atoms with E-state index in [0.717, 1.165) is 44.9 Å². The van der Waals surface area contributed by atoms with Gasteiger partial charge in [0.2, 0.25) is 11.8 Å². The van der Waals surface area contributed by atoms with E-state index in [1.807, 2.05) is 4.90 Å². The first-order valence-corrected chi connectivity index (χ1v) is 9.26. The first-order valence-electron chi connectivity index (χ1n) is 9.26. The van der Waals surface area contributed by atoms with E-state index >= 15 is 0 Å². The molecule has 1 atom stereocenters. The molecule has 1 aliphatic heterocycles. The van der Waals surface area contributed by atoms with Gasteiger partial charge < -0.3 is 14.9 Å². The third-order valence-electron chi connectivity index (χ3n) is 6.32. The molecule has 2 amide bonds. The van der Waals surface area contributed by atoms with Crippen LogP contribution in [0.25, 0.3) is 0 Å². The molecule has 0 spiro atoms. The zero-order chi connectivity index (χ0) is 17.3. The van der Waals surface area contributed by atoms with Crippen LogP contribution in [0.2, 0.25) is 0 Å². The van der Waals surface area contributed by atoms with E-state index in [1.54, 1.807) is 7.05 Å². The van der Waals surface area contributed by atoms with Gasteiger partial charge >= 0.3 is 5.97 Å². The molecule has 0 aromatic rings. The molecule has 24 heavy (non-hydrogen) atoms. The molecular formula is C18H28N2O4. The van der Waals surface area contributed by atoms with Crippen molar-refractivity contribution in [1.29, 1.82) is 0 Å². The molecule has 3 aliphatic rings. The van der Waals surface area contributed by atoms with Crippen molar-refractivity contribution in [2.24, 2.45) is 5.92 Å². The number of aliphatic carboxylic acids is 1. The Balaban J connectivity index is 1.71. The minimum Gasteiger partial charge on any atom is -0.479 e. The Bertz CT molecular complexity index is 521. The van der Waals surface area contributed by atoms with Gasteiger partial charge in [-0.05, 0) is 25.7 Å². The molecule has 0 aromatic heterocycles. The highest BCUT2D eigenvalue weighted by molar-refractivity contribution is 5.92. The van der Waals surface area contributed by atoms with E-state index in [9.17, 15) is 19.5 Å². The summed E-state index contributed by atoms with van der Waals surface area (Å²) in [4.78, 5) is 40.5. The molecule has 0 radical (unpaired) electrons. The number of hydrogen-bond donors (Lipinski definition) is 1. The van der Waals surface area contributed by atoms with Crippen molar-refractivity contribution >= 4 is 17.8 Å². The van der Waals surface area contributed by atoms with Crippen molar-refractivity contribution in [1.82, 2.24) is 9.80 Å². The van der Waals surface area contributed by atoms with Crippen molar-refractivity contribution in [3.63, 3.8) is 0 Å². The van der Waals surface area contributed by atoms with Crippen LogP contribution >= 0.6 is 0 Å². The highest BCUT2D eigenvalue weighted by Gasteiger charge is 2.48. The minimum atomic E-state index is -1.08. The number of carboxylic acid groups (broad SMARTS) is 1. The summed E-state index contributed by atoms with van der Waals surface area (Å²) in [5.41, 5.74) is -1.08. The minimum absolute atomic E-state index is 0.0571. The summed E-state index contributed by atoms with van der Waals surface area (Å²) >= 11 is 0. The van der Waals surface area contributed by atoms with Crippen LogP contribution < -0.4 is 0 Å². The number of likely N-dealkylation sites (tertiary alicyclic amines) is 1. The SMILES string of the molecule is CN(C(=O)C1CC(=O)N(C2CCCC2)C1)C1(C(=O)O)CCCCC1. The van der Waals surface area contributed by atoms with E-state index in [2.05, 4.69) is 0 Å². The Morgan fingerprint density at radius 2 is 1.75 bits per heavy atom. The van der Waals surface area contributed by atoms with E-state index in [1.165, 1.54) is 4.90 Å². The normalized spacial score (nSPS) is 27.5. The van der Waals surface area contributed by atoms with Crippen molar-refractivity contribution in [2.75, 3.05) is 13.6 Å². The van der Waals surface area contributed by atoms with Crippen LogP contribution in [0, 0.1) is 5.92 Å². The lowest BCUT2D eigenvalue weighted by Gasteiger charge is -2.42. The van der Waals surface area contributed by atoms with Gasteiger partial charge in [0.05, 0.1) is 5.92 Å². The maximum Gasteiger partial charge on any atom is 0.329 e. The molecule has 2 saturated carbocycles. The summed E-state index contributed by atoms with van der Waals surface area (Å²) in [6.45, 7) is 0.461. The Morgan fingerprint density at radius 1 is 1.12 bits per heavy atom. The van der Waals surface area contributed by atoms with Crippen molar-refractivity contribution in [3.05, 3.63) is 0 Å². The number of nitrogens with zero attached hydrogens (tertiary/aromatic N) is 2. The van der Waals surface area contributed by atoms with Crippen LogP contribution in [0.5, 0.6) is 0 Å². The lowest BCUT2D eigenvalue weighted by molar-refractivity contribution is -0.161. The van der Waals surface area contributed by atoms with Gasteiger partial charge in [-0.2, -0.15) is 0 Å². The molecule has 6 nitrogen and oxygen atoms in total. The summed E-state index contributed by atoms with van der Waals surface area (Å²) in [5.74, 6) is -1.41. The lowest BCUT2D eigenvalue weighted by atomic mass is 9.80. The van der Waals surface area contributed by atoms with Crippen LogP contribution in [0.4, 0.5) is 0 Å². The number of carbonyl (C=O) groups is 3. The van der Waals surface area contributed by atoms with Crippen LogP contribution in [-0.2, 0) is 14.4 Å².